The van der Waals surface area contributed by atoms with Crippen LogP contribution in [0.1, 0.15) is 56.3 Å². The van der Waals surface area contributed by atoms with Gasteiger partial charge in [0.25, 0.3) is 0 Å². The molecular weight excluding hydrogens is 246 g/mol. The number of aliphatic hydroxyl groups is 1. The first-order valence-corrected chi connectivity index (χ1v) is 8.05. The summed E-state index contributed by atoms with van der Waals surface area (Å²) in [5.41, 5.74) is 2.27. The molecule has 1 saturated carbocycles. The third-order valence-electron chi connectivity index (χ3n) is 4.94. The van der Waals surface area contributed by atoms with E-state index in [9.17, 15) is 5.11 Å². The van der Waals surface area contributed by atoms with E-state index in [1.807, 2.05) is 12.1 Å². The zero-order valence-corrected chi connectivity index (χ0v) is 13.2. The van der Waals surface area contributed by atoms with Gasteiger partial charge >= 0.3 is 0 Å². The van der Waals surface area contributed by atoms with Crippen molar-refractivity contribution in [3.05, 3.63) is 35.4 Å². The molecule has 1 atom stereocenters. The van der Waals surface area contributed by atoms with E-state index < -0.39 is 0 Å². The molecule has 1 unspecified atom stereocenters. The molecule has 0 aliphatic heterocycles. The lowest BCUT2D eigenvalue weighted by molar-refractivity contribution is 0.0840. The normalized spacial score (nSPS) is 24.9. The molecule has 0 radical (unpaired) electrons. The third kappa shape index (κ3) is 4.07. The van der Waals surface area contributed by atoms with Crippen molar-refractivity contribution < 1.29 is 5.11 Å². The average Bonchev–Trinajstić information content (AvgIpc) is 2.48. The highest BCUT2D eigenvalue weighted by Crippen LogP contribution is 2.29. The largest absolute Gasteiger partial charge is 0.387 e. The minimum Gasteiger partial charge on any atom is -0.387 e. The Morgan fingerprint density at radius 1 is 1.15 bits per heavy atom. The quantitative estimate of drug-likeness (QED) is 0.880. The van der Waals surface area contributed by atoms with Crippen molar-refractivity contribution in [2.24, 2.45) is 5.92 Å². The molecule has 1 N–H and O–H groups in total. The fourth-order valence-electron chi connectivity index (χ4n) is 3.31. The van der Waals surface area contributed by atoms with Crippen LogP contribution in [-0.2, 0) is 0 Å². The zero-order valence-electron chi connectivity index (χ0n) is 13.2. The number of nitrogens with zero attached hydrogens (tertiary/aromatic N) is 1. The summed E-state index contributed by atoms with van der Waals surface area (Å²) < 4.78 is 0. The second-order valence-corrected chi connectivity index (χ2v) is 6.45. The minimum absolute atomic E-state index is 0.371. The highest BCUT2D eigenvalue weighted by atomic mass is 16.3. The fraction of sp³-hybridized carbons (Fsp3) is 0.667. The predicted octanol–water partition coefficient (Wildman–Crippen LogP) is 3.93. The maximum absolute atomic E-state index is 10.4. The van der Waals surface area contributed by atoms with Gasteiger partial charge in [-0.15, -0.1) is 0 Å². The number of hydrogen-bond donors (Lipinski definition) is 1. The molecule has 0 spiro atoms. The first-order chi connectivity index (χ1) is 9.60. The van der Waals surface area contributed by atoms with Crippen molar-refractivity contribution in [3.63, 3.8) is 0 Å². The van der Waals surface area contributed by atoms with Gasteiger partial charge in [-0.2, -0.15) is 0 Å². The molecule has 1 aromatic carbocycles. The van der Waals surface area contributed by atoms with E-state index in [1.54, 1.807) is 0 Å². The summed E-state index contributed by atoms with van der Waals surface area (Å²) in [6.45, 7) is 5.12. The van der Waals surface area contributed by atoms with Crippen LogP contribution in [0.5, 0.6) is 0 Å². The Labute approximate surface area is 123 Å². The minimum atomic E-state index is -0.371. The summed E-state index contributed by atoms with van der Waals surface area (Å²) in [6, 6.07) is 8.89. The highest BCUT2D eigenvalue weighted by molar-refractivity contribution is 5.23. The summed E-state index contributed by atoms with van der Waals surface area (Å²) in [6.07, 6.45) is 6.23. The van der Waals surface area contributed by atoms with E-state index in [0.29, 0.717) is 6.04 Å². The highest BCUT2D eigenvalue weighted by Gasteiger charge is 2.24. The first-order valence-electron chi connectivity index (χ1n) is 8.05. The van der Waals surface area contributed by atoms with E-state index in [1.165, 1.54) is 37.7 Å². The van der Waals surface area contributed by atoms with Gasteiger partial charge in [0.05, 0.1) is 6.10 Å². The summed E-state index contributed by atoms with van der Waals surface area (Å²) >= 11 is 0. The SMILES string of the molecule is CCC1CCC(N(C)CC(O)c2ccc(C)cc2)CC1. The van der Waals surface area contributed by atoms with E-state index >= 15 is 0 Å². The fourth-order valence-corrected chi connectivity index (χ4v) is 3.31. The summed E-state index contributed by atoms with van der Waals surface area (Å²) in [5, 5.41) is 10.4. The number of likely N-dealkylation sites (N-methyl/N-ethyl adjacent to an activating group) is 1. The van der Waals surface area contributed by atoms with Gasteiger partial charge in [0.2, 0.25) is 0 Å². The summed E-state index contributed by atoms with van der Waals surface area (Å²) in [4.78, 5) is 2.36. The van der Waals surface area contributed by atoms with E-state index in [-0.39, 0.29) is 6.10 Å². The Morgan fingerprint density at radius 3 is 2.30 bits per heavy atom. The Morgan fingerprint density at radius 2 is 1.75 bits per heavy atom. The molecule has 1 aliphatic carbocycles. The second kappa shape index (κ2) is 7.24. The van der Waals surface area contributed by atoms with Gasteiger partial charge in [0, 0.05) is 12.6 Å². The molecular formula is C18H29NO. The van der Waals surface area contributed by atoms with Gasteiger partial charge in [-0.1, -0.05) is 43.2 Å². The average molecular weight is 275 g/mol. The lowest BCUT2D eigenvalue weighted by atomic mass is 9.84. The monoisotopic (exact) mass is 275 g/mol. The third-order valence-corrected chi connectivity index (χ3v) is 4.94. The molecule has 1 aliphatic rings. The first kappa shape index (κ1) is 15.5. The molecule has 0 bridgehead atoms. The Kier molecular flexibility index (Phi) is 5.62. The van der Waals surface area contributed by atoms with Crippen molar-refractivity contribution in [1.29, 1.82) is 0 Å². The molecule has 0 heterocycles. The maximum Gasteiger partial charge on any atom is 0.0916 e. The van der Waals surface area contributed by atoms with Crippen molar-refractivity contribution in [2.45, 2.75) is 58.1 Å². The molecule has 2 nitrogen and oxygen atoms in total. The van der Waals surface area contributed by atoms with Gasteiger partial charge < -0.3 is 10.0 Å². The molecule has 0 saturated heterocycles. The van der Waals surface area contributed by atoms with Gasteiger partial charge in [-0.25, -0.2) is 0 Å². The van der Waals surface area contributed by atoms with Crippen LogP contribution < -0.4 is 0 Å². The van der Waals surface area contributed by atoms with Crippen LogP contribution in [0.3, 0.4) is 0 Å². The van der Waals surface area contributed by atoms with Crippen molar-refractivity contribution in [3.8, 4) is 0 Å². The lowest BCUT2D eigenvalue weighted by Gasteiger charge is -2.35. The van der Waals surface area contributed by atoms with Crippen LogP contribution in [0.2, 0.25) is 0 Å². The number of hydrogen-bond acceptors (Lipinski definition) is 2. The van der Waals surface area contributed by atoms with Gasteiger partial charge in [0.15, 0.2) is 0 Å². The molecule has 20 heavy (non-hydrogen) atoms. The Hall–Kier alpha value is -0.860. The van der Waals surface area contributed by atoms with E-state index in [2.05, 4.69) is 37.9 Å². The molecule has 1 aromatic rings. The van der Waals surface area contributed by atoms with Crippen LogP contribution in [0.4, 0.5) is 0 Å². The van der Waals surface area contributed by atoms with Crippen molar-refractivity contribution in [1.82, 2.24) is 4.90 Å². The van der Waals surface area contributed by atoms with Gasteiger partial charge in [-0.3, -0.25) is 0 Å². The van der Waals surface area contributed by atoms with Crippen LogP contribution in [0.15, 0.2) is 24.3 Å². The number of benzene rings is 1. The van der Waals surface area contributed by atoms with E-state index in [0.717, 1.165) is 18.0 Å². The molecule has 0 aromatic heterocycles. The van der Waals surface area contributed by atoms with Crippen LogP contribution in [0, 0.1) is 12.8 Å². The summed E-state index contributed by atoms with van der Waals surface area (Å²) in [5.74, 6) is 0.932. The molecule has 2 rings (SSSR count). The number of rotatable bonds is 5. The molecule has 1 fully saturated rings. The number of aliphatic hydroxyl groups excluding tert-OH is 1. The summed E-state index contributed by atoms with van der Waals surface area (Å²) in [7, 11) is 2.16. The standard InChI is InChI=1S/C18H29NO/c1-4-15-7-11-17(12-8-15)19(3)13-18(20)16-9-5-14(2)6-10-16/h5-6,9-10,15,17-18,20H,4,7-8,11-13H2,1-3H3. The predicted molar refractivity (Wildman–Crippen MR) is 84.8 cm³/mol. The van der Waals surface area contributed by atoms with Gasteiger partial charge in [0.1, 0.15) is 0 Å². The van der Waals surface area contributed by atoms with Crippen molar-refractivity contribution in [2.75, 3.05) is 13.6 Å². The second-order valence-electron chi connectivity index (χ2n) is 6.45. The maximum atomic E-state index is 10.4. The van der Waals surface area contributed by atoms with E-state index in [4.69, 9.17) is 0 Å². The molecule has 2 heteroatoms. The molecule has 112 valence electrons. The van der Waals surface area contributed by atoms with Crippen molar-refractivity contribution >= 4 is 0 Å². The number of aryl methyl sites for hydroxylation is 1. The lowest BCUT2D eigenvalue weighted by Crippen LogP contribution is -2.37. The van der Waals surface area contributed by atoms with Crippen LogP contribution in [-0.4, -0.2) is 29.6 Å². The molecule has 0 amide bonds. The Balaban J connectivity index is 1.84. The van der Waals surface area contributed by atoms with Gasteiger partial charge in [-0.05, 0) is 51.1 Å². The van der Waals surface area contributed by atoms with Crippen LogP contribution >= 0.6 is 0 Å². The topological polar surface area (TPSA) is 23.5 Å². The smallest absolute Gasteiger partial charge is 0.0916 e. The van der Waals surface area contributed by atoms with Crippen LogP contribution in [0.25, 0.3) is 0 Å². The zero-order chi connectivity index (χ0) is 14.5. The Bertz CT molecular complexity index is 392.